The molecule has 4 nitrogen and oxygen atoms in total. The van der Waals surface area contributed by atoms with E-state index < -0.39 is 11.6 Å². The molecule has 1 atom stereocenters. The van der Waals surface area contributed by atoms with Gasteiger partial charge in [0.1, 0.15) is 23.2 Å². The molecular weight excluding hydrogens is 312 g/mol. The summed E-state index contributed by atoms with van der Waals surface area (Å²) in [6, 6.07) is 7.23. The number of hydrogen-bond donors (Lipinski definition) is 2. The lowest BCUT2D eigenvalue weighted by Crippen LogP contribution is -2.38. The molecule has 0 aliphatic rings. The van der Waals surface area contributed by atoms with Crippen LogP contribution in [-0.4, -0.2) is 19.0 Å². The molecule has 0 aliphatic heterocycles. The number of aliphatic imine (C=N–C) groups is 1. The first-order valence-electron chi connectivity index (χ1n) is 8.04. The molecule has 0 bridgehead atoms. The van der Waals surface area contributed by atoms with Crippen molar-refractivity contribution in [3.8, 4) is 0 Å². The molecule has 130 valence electrons. The van der Waals surface area contributed by atoms with E-state index in [9.17, 15) is 8.78 Å². The zero-order valence-corrected chi connectivity index (χ0v) is 14.2. The lowest BCUT2D eigenvalue weighted by Gasteiger charge is -2.16. The van der Waals surface area contributed by atoms with Gasteiger partial charge in [0.15, 0.2) is 5.96 Å². The maximum atomic E-state index is 13.6. The smallest absolute Gasteiger partial charge is 0.191 e. The Bertz CT molecular complexity index is 697. The molecule has 1 aromatic heterocycles. The fourth-order valence-electron chi connectivity index (χ4n) is 2.31. The van der Waals surface area contributed by atoms with Crippen LogP contribution in [0.5, 0.6) is 0 Å². The van der Waals surface area contributed by atoms with Crippen LogP contribution < -0.4 is 10.6 Å². The average molecular weight is 335 g/mol. The number of nitrogens with one attached hydrogen (secondary N) is 2. The Morgan fingerprint density at radius 3 is 2.71 bits per heavy atom. The summed E-state index contributed by atoms with van der Waals surface area (Å²) in [7, 11) is 0. The van der Waals surface area contributed by atoms with E-state index in [4.69, 9.17) is 4.42 Å². The number of guanidine groups is 1. The van der Waals surface area contributed by atoms with Gasteiger partial charge in [-0.15, -0.1) is 0 Å². The lowest BCUT2D eigenvalue weighted by molar-refractivity contribution is 0.441. The van der Waals surface area contributed by atoms with Gasteiger partial charge >= 0.3 is 0 Å². The summed E-state index contributed by atoms with van der Waals surface area (Å²) in [5.74, 6) is 1.42. The van der Waals surface area contributed by atoms with Crippen molar-refractivity contribution >= 4 is 5.96 Å². The van der Waals surface area contributed by atoms with E-state index in [0.29, 0.717) is 31.0 Å². The van der Waals surface area contributed by atoms with Crippen molar-refractivity contribution < 1.29 is 13.2 Å². The summed E-state index contributed by atoms with van der Waals surface area (Å²) in [6.07, 6.45) is 0.328. The standard InChI is InChI=1S/C18H23F2N3O/c1-4-21-18(23-13(3)17-8-5-12(2)24-17)22-10-9-14-11-15(19)6-7-16(14)20/h5-8,11,13H,4,9-10H2,1-3H3,(H2,21,22,23). The summed E-state index contributed by atoms with van der Waals surface area (Å²) in [5, 5.41) is 6.37. The third-order valence-electron chi connectivity index (χ3n) is 3.54. The average Bonchev–Trinajstić information content (AvgIpc) is 2.97. The molecule has 0 radical (unpaired) electrons. The molecule has 6 heteroatoms. The Balaban J connectivity index is 1.98. The van der Waals surface area contributed by atoms with Crippen LogP contribution in [0, 0.1) is 18.6 Å². The third-order valence-corrected chi connectivity index (χ3v) is 3.54. The molecule has 0 saturated heterocycles. The van der Waals surface area contributed by atoms with Crippen LogP contribution in [0.25, 0.3) is 0 Å². The van der Waals surface area contributed by atoms with Crippen LogP contribution in [-0.2, 0) is 6.42 Å². The monoisotopic (exact) mass is 335 g/mol. The minimum atomic E-state index is -0.442. The number of benzene rings is 1. The molecule has 2 aromatic rings. The summed E-state index contributed by atoms with van der Waals surface area (Å²) >= 11 is 0. The largest absolute Gasteiger partial charge is 0.464 e. The fourth-order valence-corrected chi connectivity index (χ4v) is 2.31. The SMILES string of the molecule is CCNC(=NCCc1cc(F)ccc1F)NC(C)c1ccc(C)o1. The predicted octanol–water partition coefficient (Wildman–Crippen LogP) is 3.73. The van der Waals surface area contributed by atoms with Gasteiger partial charge in [0, 0.05) is 13.1 Å². The summed E-state index contributed by atoms with van der Waals surface area (Å²) < 4.78 is 32.4. The first-order valence-corrected chi connectivity index (χ1v) is 8.04. The van der Waals surface area contributed by atoms with Crippen molar-refractivity contribution in [3.05, 3.63) is 59.1 Å². The molecule has 2 N–H and O–H groups in total. The van der Waals surface area contributed by atoms with Crippen LogP contribution in [0.3, 0.4) is 0 Å². The second-order valence-electron chi connectivity index (χ2n) is 5.56. The maximum absolute atomic E-state index is 13.6. The normalized spacial score (nSPS) is 13.0. The molecule has 0 aliphatic carbocycles. The summed E-state index contributed by atoms with van der Waals surface area (Å²) in [6.45, 7) is 6.87. The Kier molecular flexibility index (Phi) is 6.35. The Morgan fingerprint density at radius 1 is 1.25 bits per heavy atom. The first kappa shape index (κ1) is 18.0. The molecule has 1 aromatic carbocycles. The first-order chi connectivity index (χ1) is 11.5. The fraction of sp³-hybridized carbons (Fsp3) is 0.389. The second kappa shape index (κ2) is 8.47. The molecule has 1 heterocycles. The van der Waals surface area contributed by atoms with Gasteiger partial charge in [0.2, 0.25) is 0 Å². The molecule has 0 saturated carbocycles. The predicted molar refractivity (Wildman–Crippen MR) is 91.0 cm³/mol. The van der Waals surface area contributed by atoms with Crippen LogP contribution >= 0.6 is 0 Å². The molecule has 0 spiro atoms. The van der Waals surface area contributed by atoms with Gasteiger partial charge in [-0.1, -0.05) is 0 Å². The van der Waals surface area contributed by atoms with E-state index in [1.807, 2.05) is 32.9 Å². The van der Waals surface area contributed by atoms with Crippen molar-refractivity contribution in [2.45, 2.75) is 33.2 Å². The third kappa shape index (κ3) is 5.08. The van der Waals surface area contributed by atoms with Crippen LogP contribution in [0.2, 0.25) is 0 Å². The van der Waals surface area contributed by atoms with Gasteiger partial charge in [-0.3, -0.25) is 4.99 Å². The number of rotatable bonds is 6. The van der Waals surface area contributed by atoms with E-state index in [1.54, 1.807) is 0 Å². The highest BCUT2D eigenvalue weighted by atomic mass is 19.1. The number of hydrogen-bond acceptors (Lipinski definition) is 2. The van der Waals surface area contributed by atoms with Crippen molar-refractivity contribution in [2.75, 3.05) is 13.1 Å². The summed E-state index contributed by atoms with van der Waals surface area (Å²) in [4.78, 5) is 4.42. The van der Waals surface area contributed by atoms with Gasteiger partial charge in [0.25, 0.3) is 0 Å². The highest BCUT2D eigenvalue weighted by molar-refractivity contribution is 5.80. The summed E-state index contributed by atoms with van der Waals surface area (Å²) in [5.41, 5.74) is 0.323. The van der Waals surface area contributed by atoms with E-state index in [1.165, 1.54) is 6.07 Å². The molecule has 0 fully saturated rings. The zero-order valence-electron chi connectivity index (χ0n) is 14.2. The lowest BCUT2D eigenvalue weighted by atomic mass is 10.1. The Morgan fingerprint density at radius 2 is 2.04 bits per heavy atom. The van der Waals surface area contributed by atoms with Crippen LogP contribution in [0.4, 0.5) is 8.78 Å². The van der Waals surface area contributed by atoms with Crippen molar-refractivity contribution in [1.82, 2.24) is 10.6 Å². The second-order valence-corrected chi connectivity index (χ2v) is 5.56. The minimum Gasteiger partial charge on any atom is -0.464 e. The highest BCUT2D eigenvalue weighted by Crippen LogP contribution is 2.15. The van der Waals surface area contributed by atoms with Crippen LogP contribution in [0.15, 0.2) is 39.7 Å². The zero-order chi connectivity index (χ0) is 17.5. The molecule has 24 heavy (non-hydrogen) atoms. The van der Waals surface area contributed by atoms with Crippen molar-refractivity contribution in [1.29, 1.82) is 0 Å². The highest BCUT2D eigenvalue weighted by Gasteiger charge is 2.11. The maximum Gasteiger partial charge on any atom is 0.191 e. The van der Waals surface area contributed by atoms with E-state index in [-0.39, 0.29) is 6.04 Å². The van der Waals surface area contributed by atoms with Gasteiger partial charge in [-0.25, -0.2) is 8.78 Å². The van der Waals surface area contributed by atoms with Crippen LogP contribution in [0.1, 0.15) is 37.0 Å². The number of aryl methyl sites for hydroxylation is 1. The van der Waals surface area contributed by atoms with E-state index in [2.05, 4.69) is 15.6 Å². The van der Waals surface area contributed by atoms with Gasteiger partial charge in [0.05, 0.1) is 6.04 Å². The topological polar surface area (TPSA) is 49.6 Å². The quantitative estimate of drug-likeness (QED) is 0.625. The van der Waals surface area contributed by atoms with Gasteiger partial charge < -0.3 is 15.1 Å². The van der Waals surface area contributed by atoms with Gasteiger partial charge in [-0.05, 0) is 63.1 Å². The molecule has 1 unspecified atom stereocenters. The Hall–Kier alpha value is -2.37. The minimum absolute atomic E-state index is 0.0533. The van der Waals surface area contributed by atoms with Gasteiger partial charge in [-0.2, -0.15) is 0 Å². The van der Waals surface area contributed by atoms with E-state index >= 15 is 0 Å². The van der Waals surface area contributed by atoms with Crippen molar-refractivity contribution in [2.24, 2.45) is 4.99 Å². The van der Waals surface area contributed by atoms with E-state index in [0.717, 1.165) is 23.7 Å². The number of halogens is 2. The number of furan rings is 1. The molecular formula is C18H23F2N3O. The molecule has 0 amide bonds. The Labute approximate surface area is 141 Å². The number of nitrogens with zero attached hydrogens (tertiary/aromatic N) is 1. The molecule has 2 rings (SSSR count). The van der Waals surface area contributed by atoms with Crippen molar-refractivity contribution in [3.63, 3.8) is 0 Å².